The Morgan fingerprint density at radius 2 is 2.15 bits per heavy atom. The summed E-state index contributed by atoms with van der Waals surface area (Å²) in [6.07, 6.45) is 2.43. The predicted octanol–water partition coefficient (Wildman–Crippen LogP) is 1.18. The first-order valence-corrected chi connectivity index (χ1v) is 3.90. The Morgan fingerprint density at radius 1 is 1.31 bits per heavy atom. The first kappa shape index (κ1) is 7.79. The lowest BCUT2D eigenvalue weighted by Gasteiger charge is -2.01. The van der Waals surface area contributed by atoms with Crippen LogP contribution in [-0.4, -0.2) is 15.2 Å². The normalized spacial score (nSPS) is 9.85. The number of H-pyrrole nitrogens is 1. The highest BCUT2D eigenvalue weighted by atomic mass is 16.5. The van der Waals surface area contributed by atoms with Crippen LogP contribution < -0.4 is 4.74 Å². The van der Waals surface area contributed by atoms with E-state index in [2.05, 4.69) is 21.5 Å². The molecule has 1 aromatic heterocycles. The van der Waals surface area contributed by atoms with Gasteiger partial charge in [0.1, 0.15) is 12.4 Å². The summed E-state index contributed by atoms with van der Waals surface area (Å²) in [5, 5.41) is 6.26. The molecule has 4 nitrogen and oxygen atoms in total. The smallest absolute Gasteiger partial charge is 0.220 e. The van der Waals surface area contributed by atoms with Crippen molar-refractivity contribution in [1.82, 2.24) is 15.2 Å². The number of nitrogens with one attached hydrogen (secondary N) is 1. The van der Waals surface area contributed by atoms with Crippen molar-refractivity contribution in [3.8, 4) is 5.75 Å². The van der Waals surface area contributed by atoms with E-state index in [1.54, 1.807) is 0 Å². The van der Waals surface area contributed by atoms with E-state index in [0.717, 1.165) is 5.75 Å². The van der Waals surface area contributed by atoms with Gasteiger partial charge in [-0.3, -0.25) is 5.10 Å². The van der Waals surface area contributed by atoms with Crippen molar-refractivity contribution >= 4 is 0 Å². The van der Waals surface area contributed by atoms with Gasteiger partial charge < -0.3 is 4.74 Å². The molecule has 0 amide bonds. The molecule has 0 aliphatic rings. The number of para-hydroxylation sites is 1. The van der Waals surface area contributed by atoms with Gasteiger partial charge in [0, 0.05) is 0 Å². The summed E-state index contributed by atoms with van der Waals surface area (Å²) < 4.78 is 5.40. The number of ether oxygens (including phenoxy) is 1. The van der Waals surface area contributed by atoms with Gasteiger partial charge >= 0.3 is 0 Å². The maximum absolute atomic E-state index is 5.40. The first-order chi connectivity index (χ1) is 6.45. The number of hydrogen-bond donors (Lipinski definition) is 1. The minimum atomic E-state index is 0.389. The molecule has 65 valence electrons. The monoisotopic (exact) mass is 174 g/mol. The zero-order chi connectivity index (χ0) is 8.93. The second kappa shape index (κ2) is 3.71. The highest BCUT2D eigenvalue weighted by Gasteiger charge is 1.96. The number of benzene rings is 1. The number of nitrogens with zero attached hydrogens (tertiary/aromatic N) is 2. The molecule has 2 rings (SSSR count). The maximum Gasteiger partial charge on any atom is 0.220 e. The summed E-state index contributed by atoms with van der Waals surface area (Å²) >= 11 is 0. The molecule has 4 heteroatoms. The zero-order valence-electron chi connectivity index (χ0n) is 6.90. The third-order valence-corrected chi connectivity index (χ3v) is 1.54. The predicted molar refractivity (Wildman–Crippen MR) is 46.0 cm³/mol. The maximum atomic E-state index is 5.40. The molecule has 0 fully saturated rings. The van der Waals surface area contributed by atoms with E-state index in [0.29, 0.717) is 12.4 Å². The molecule has 0 spiro atoms. The van der Waals surface area contributed by atoms with Gasteiger partial charge in [-0.05, 0) is 12.1 Å². The summed E-state index contributed by atoms with van der Waals surface area (Å²) in [6.45, 7) is 0.389. The van der Waals surface area contributed by atoms with Crippen molar-refractivity contribution in [1.29, 1.82) is 0 Å². The van der Waals surface area contributed by atoms with Crippen LogP contribution in [0.25, 0.3) is 0 Å². The van der Waals surface area contributed by atoms with Crippen molar-refractivity contribution in [3.05, 3.63) is 42.5 Å². The average Bonchev–Trinajstić information content (AvgIpc) is 2.69. The van der Waals surface area contributed by atoms with Crippen LogP contribution in [-0.2, 0) is 6.61 Å². The number of rotatable bonds is 3. The molecule has 0 aliphatic heterocycles. The van der Waals surface area contributed by atoms with Gasteiger partial charge in [-0.1, -0.05) is 18.2 Å². The molecule has 0 saturated heterocycles. The number of hydrogen-bond acceptors (Lipinski definition) is 3. The SMILES string of the molecule is [c]1n[nH]c(COc2ccccc2)n1. The van der Waals surface area contributed by atoms with E-state index in [1.807, 2.05) is 30.3 Å². The Balaban J connectivity index is 1.94. The molecule has 1 aromatic carbocycles. The molecule has 0 atom stereocenters. The van der Waals surface area contributed by atoms with E-state index < -0.39 is 0 Å². The molecule has 0 saturated carbocycles. The quantitative estimate of drug-likeness (QED) is 0.760. The first-order valence-electron chi connectivity index (χ1n) is 3.90. The molecular weight excluding hydrogens is 166 g/mol. The molecule has 2 aromatic rings. The molecule has 0 aliphatic carbocycles. The standard InChI is InChI=1S/C9H8N3O/c1-2-4-8(5-3-1)13-6-9-10-7-11-12-9/h1-5H,6H2,(H,10,11,12). The lowest BCUT2D eigenvalue weighted by Crippen LogP contribution is -1.97. The summed E-state index contributed by atoms with van der Waals surface area (Å²) in [6, 6.07) is 9.55. The van der Waals surface area contributed by atoms with Crippen molar-refractivity contribution in [3.63, 3.8) is 0 Å². The topological polar surface area (TPSA) is 50.8 Å². The highest BCUT2D eigenvalue weighted by molar-refractivity contribution is 5.20. The van der Waals surface area contributed by atoms with E-state index in [-0.39, 0.29) is 0 Å². The van der Waals surface area contributed by atoms with E-state index in [1.165, 1.54) is 0 Å². The van der Waals surface area contributed by atoms with Gasteiger partial charge in [0.15, 0.2) is 5.82 Å². The fourth-order valence-electron chi connectivity index (χ4n) is 0.933. The Labute approximate surface area is 75.6 Å². The van der Waals surface area contributed by atoms with E-state index in [9.17, 15) is 0 Å². The lowest BCUT2D eigenvalue weighted by atomic mass is 10.3. The average molecular weight is 174 g/mol. The molecule has 1 radical (unpaired) electrons. The summed E-state index contributed by atoms with van der Waals surface area (Å²) in [7, 11) is 0. The van der Waals surface area contributed by atoms with Crippen LogP contribution in [0.2, 0.25) is 0 Å². The van der Waals surface area contributed by atoms with Gasteiger partial charge in [0.25, 0.3) is 0 Å². The lowest BCUT2D eigenvalue weighted by molar-refractivity contribution is 0.296. The molecule has 0 bridgehead atoms. The zero-order valence-corrected chi connectivity index (χ0v) is 6.90. The third kappa shape index (κ3) is 2.05. The molecule has 13 heavy (non-hydrogen) atoms. The second-order valence-electron chi connectivity index (χ2n) is 2.48. The van der Waals surface area contributed by atoms with Crippen molar-refractivity contribution in [2.24, 2.45) is 0 Å². The molecule has 1 heterocycles. The van der Waals surface area contributed by atoms with E-state index in [4.69, 9.17) is 4.74 Å². The van der Waals surface area contributed by atoms with Gasteiger partial charge in [-0.2, -0.15) is 0 Å². The van der Waals surface area contributed by atoms with Crippen LogP contribution in [0.3, 0.4) is 0 Å². The molecular formula is C9H8N3O. The van der Waals surface area contributed by atoms with Gasteiger partial charge in [-0.25, -0.2) is 4.98 Å². The van der Waals surface area contributed by atoms with Crippen molar-refractivity contribution in [2.75, 3.05) is 0 Å². The van der Waals surface area contributed by atoms with E-state index >= 15 is 0 Å². The van der Waals surface area contributed by atoms with Crippen molar-refractivity contribution < 1.29 is 4.74 Å². The van der Waals surface area contributed by atoms with Crippen LogP contribution in [0, 0.1) is 6.33 Å². The minimum Gasteiger partial charge on any atom is -0.486 e. The second-order valence-corrected chi connectivity index (χ2v) is 2.48. The summed E-state index contributed by atoms with van der Waals surface area (Å²) in [5.41, 5.74) is 0. The van der Waals surface area contributed by atoms with Crippen LogP contribution >= 0.6 is 0 Å². The summed E-state index contributed by atoms with van der Waals surface area (Å²) in [5.74, 6) is 1.49. The van der Waals surface area contributed by atoms with Crippen molar-refractivity contribution in [2.45, 2.75) is 6.61 Å². The Bertz CT molecular complexity index is 344. The highest BCUT2D eigenvalue weighted by Crippen LogP contribution is 2.09. The third-order valence-electron chi connectivity index (χ3n) is 1.54. The minimum absolute atomic E-state index is 0.389. The van der Waals surface area contributed by atoms with Crippen LogP contribution in [0.4, 0.5) is 0 Å². The van der Waals surface area contributed by atoms with Crippen LogP contribution in [0.15, 0.2) is 30.3 Å². The number of aromatic nitrogens is 3. The Morgan fingerprint density at radius 3 is 2.85 bits per heavy atom. The Kier molecular flexibility index (Phi) is 2.22. The molecule has 0 unspecified atom stereocenters. The molecule has 1 N–H and O–H groups in total. The fraction of sp³-hybridized carbons (Fsp3) is 0.111. The van der Waals surface area contributed by atoms with Crippen LogP contribution in [0.5, 0.6) is 5.75 Å². The van der Waals surface area contributed by atoms with Gasteiger partial charge in [-0.15, -0.1) is 5.10 Å². The van der Waals surface area contributed by atoms with Gasteiger partial charge in [0.05, 0.1) is 0 Å². The summed E-state index contributed by atoms with van der Waals surface area (Å²) in [4.78, 5) is 3.81. The van der Waals surface area contributed by atoms with Crippen LogP contribution in [0.1, 0.15) is 5.82 Å². The number of aromatic amines is 1. The van der Waals surface area contributed by atoms with Gasteiger partial charge in [0.2, 0.25) is 6.33 Å². The Hall–Kier alpha value is -1.84. The fourth-order valence-corrected chi connectivity index (χ4v) is 0.933. The largest absolute Gasteiger partial charge is 0.486 e.